The highest BCUT2D eigenvalue weighted by Gasteiger charge is 2.12. The molecule has 0 saturated heterocycles. The van der Waals surface area contributed by atoms with Crippen molar-refractivity contribution >= 4 is 40.9 Å². The van der Waals surface area contributed by atoms with Crippen molar-refractivity contribution in [1.29, 1.82) is 5.26 Å². The van der Waals surface area contributed by atoms with Gasteiger partial charge in [-0.1, -0.05) is 41.4 Å². The fourth-order valence-electron chi connectivity index (χ4n) is 3.34. The zero-order valence-electron chi connectivity index (χ0n) is 20.0. The van der Waals surface area contributed by atoms with E-state index in [1.807, 2.05) is 64.1 Å². The number of amides is 2. The van der Waals surface area contributed by atoms with Gasteiger partial charge in [-0.05, 0) is 86.4 Å². The number of anilines is 2. The first-order chi connectivity index (χ1) is 16.7. The van der Waals surface area contributed by atoms with Crippen LogP contribution in [0.1, 0.15) is 27.8 Å². The number of hydrogen-bond acceptors (Lipinski definition) is 4. The van der Waals surface area contributed by atoms with Crippen molar-refractivity contribution in [3.05, 3.63) is 93.0 Å². The summed E-state index contributed by atoms with van der Waals surface area (Å²) in [4.78, 5) is 24.8. The topological polar surface area (TPSA) is 91.2 Å². The zero-order valence-corrected chi connectivity index (χ0v) is 20.8. The number of carbonyl (C=O) groups excluding carboxylic acids is 2. The molecule has 35 heavy (non-hydrogen) atoms. The minimum Gasteiger partial charge on any atom is -0.482 e. The fraction of sp³-hybridized carbons (Fsp3) is 0.179. The Morgan fingerprint density at radius 3 is 2.37 bits per heavy atom. The standard InChI is InChI=1S/C28H26ClN3O3/c1-17-5-9-25(20(4)11-17)32-28(34)22(15-30)13-21-7-10-26(24(29)14-21)35-16-27(33)31-23-8-6-18(2)19(3)12-23/h5-14H,16H2,1-4H3,(H,31,33)(H,32,34)/b22-13+. The van der Waals surface area contributed by atoms with E-state index in [4.69, 9.17) is 16.3 Å². The number of nitrogens with one attached hydrogen (secondary N) is 2. The average molecular weight is 488 g/mol. The van der Waals surface area contributed by atoms with Crippen LogP contribution in [-0.4, -0.2) is 18.4 Å². The molecule has 178 valence electrons. The van der Waals surface area contributed by atoms with E-state index < -0.39 is 5.91 Å². The number of nitriles is 1. The van der Waals surface area contributed by atoms with Crippen LogP contribution in [0.5, 0.6) is 5.75 Å². The third-order valence-electron chi connectivity index (χ3n) is 5.41. The Balaban J connectivity index is 1.64. The van der Waals surface area contributed by atoms with Gasteiger partial charge in [0.2, 0.25) is 0 Å². The Kier molecular flexibility index (Phi) is 8.30. The predicted octanol–water partition coefficient (Wildman–Crippen LogP) is 6.14. The van der Waals surface area contributed by atoms with Crippen LogP contribution in [0.15, 0.2) is 60.2 Å². The van der Waals surface area contributed by atoms with Gasteiger partial charge in [0.05, 0.1) is 5.02 Å². The summed E-state index contributed by atoms with van der Waals surface area (Å²) in [6.07, 6.45) is 1.45. The molecule has 0 aliphatic rings. The van der Waals surface area contributed by atoms with Crippen molar-refractivity contribution < 1.29 is 14.3 Å². The lowest BCUT2D eigenvalue weighted by Crippen LogP contribution is -2.20. The summed E-state index contributed by atoms with van der Waals surface area (Å²) in [6, 6.07) is 18.0. The van der Waals surface area contributed by atoms with Crippen LogP contribution in [0.25, 0.3) is 6.08 Å². The lowest BCUT2D eigenvalue weighted by Gasteiger charge is -2.11. The SMILES string of the molecule is Cc1ccc(NC(=O)/C(C#N)=C/c2ccc(OCC(=O)Nc3ccc(C)c(C)c3)c(Cl)c2)c(C)c1. The van der Waals surface area contributed by atoms with Gasteiger partial charge in [-0.15, -0.1) is 0 Å². The van der Waals surface area contributed by atoms with Crippen LogP contribution in [0.4, 0.5) is 11.4 Å². The summed E-state index contributed by atoms with van der Waals surface area (Å²) in [5.41, 5.74) is 6.02. The molecule has 0 radical (unpaired) electrons. The van der Waals surface area contributed by atoms with Crippen LogP contribution in [0.3, 0.4) is 0 Å². The molecule has 0 atom stereocenters. The van der Waals surface area contributed by atoms with Crippen LogP contribution in [0, 0.1) is 39.0 Å². The van der Waals surface area contributed by atoms with E-state index >= 15 is 0 Å². The van der Waals surface area contributed by atoms with Crippen molar-refractivity contribution in [3.8, 4) is 11.8 Å². The number of hydrogen-bond donors (Lipinski definition) is 2. The molecule has 0 unspecified atom stereocenters. The van der Waals surface area contributed by atoms with Crippen LogP contribution in [-0.2, 0) is 9.59 Å². The number of ether oxygens (including phenoxy) is 1. The molecule has 3 aromatic rings. The van der Waals surface area contributed by atoms with E-state index in [2.05, 4.69) is 10.6 Å². The Bertz CT molecular complexity index is 1360. The summed E-state index contributed by atoms with van der Waals surface area (Å²) in [5.74, 6) is -0.515. The van der Waals surface area contributed by atoms with E-state index in [1.165, 1.54) is 6.08 Å². The predicted molar refractivity (Wildman–Crippen MR) is 140 cm³/mol. The molecule has 0 bridgehead atoms. The van der Waals surface area contributed by atoms with E-state index in [9.17, 15) is 14.9 Å². The van der Waals surface area contributed by atoms with E-state index in [-0.39, 0.29) is 23.1 Å². The Labute approximate surface area is 210 Å². The van der Waals surface area contributed by atoms with Crippen molar-refractivity contribution in [2.45, 2.75) is 27.7 Å². The van der Waals surface area contributed by atoms with Gasteiger partial charge in [0.1, 0.15) is 17.4 Å². The third kappa shape index (κ3) is 6.95. The van der Waals surface area contributed by atoms with Gasteiger partial charge in [-0.3, -0.25) is 9.59 Å². The molecule has 7 heteroatoms. The highest BCUT2D eigenvalue weighted by atomic mass is 35.5. The van der Waals surface area contributed by atoms with Crippen molar-refractivity contribution in [2.24, 2.45) is 0 Å². The zero-order chi connectivity index (χ0) is 25.5. The van der Waals surface area contributed by atoms with Gasteiger partial charge in [-0.2, -0.15) is 5.26 Å². The summed E-state index contributed by atoms with van der Waals surface area (Å²) in [7, 11) is 0. The molecule has 3 aromatic carbocycles. The summed E-state index contributed by atoms with van der Waals surface area (Å²) in [6.45, 7) is 7.61. The first-order valence-corrected chi connectivity index (χ1v) is 11.3. The van der Waals surface area contributed by atoms with Crippen LogP contribution >= 0.6 is 11.6 Å². The largest absolute Gasteiger partial charge is 0.482 e. The van der Waals surface area contributed by atoms with Gasteiger partial charge in [0.25, 0.3) is 11.8 Å². The lowest BCUT2D eigenvalue weighted by molar-refractivity contribution is -0.118. The van der Waals surface area contributed by atoms with Crippen LogP contribution in [0.2, 0.25) is 5.02 Å². The highest BCUT2D eigenvalue weighted by molar-refractivity contribution is 6.32. The molecule has 0 fully saturated rings. The second-order valence-corrected chi connectivity index (χ2v) is 8.68. The lowest BCUT2D eigenvalue weighted by atomic mass is 10.1. The molecule has 0 aromatic heterocycles. The second-order valence-electron chi connectivity index (χ2n) is 8.27. The number of benzene rings is 3. The number of aryl methyl sites for hydroxylation is 4. The van der Waals surface area contributed by atoms with Crippen molar-refractivity contribution in [1.82, 2.24) is 0 Å². The van der Waals surface area contributed by atoms with Gasteiger partial charge in [0, 0.05) is 11.4 Å². The summed E-state index contributed by atoms with van der Waals surface area (Å²) in [5, 5.41) is 15.3. The van der Waals surface area contributed by atoms with E-state index in [0.717, 1.165) is 22.3 Å². The minimum absolute atomic E-state index is 0.0671. The highest BCUT2D eigenvalue weighted by Crippen LogP contribution is 2.27. The Morgan fingerprint density at radius 2 is 1.71 bits per heavy atom. The van der Waals surface area contributed by atoms with Crippen LogP contribution < -0.4 is 15.4 Å². The maximum absolute atomic E-state index is 12.6. The minimum atomic E-state index is -0.515. The summed E-state index contributed by atoms with van der Waals surface area (Å²) < 4.78 is 5.55. The molecule has 0 saturated carbocycles. The molecular weight excluding hydrogens is 462 g/mol. The monoisotopic (exact) mass is 487 g/mol. The number of carbonyl (C=O) groups is 2. The molecular formula is C28H26ClN3O3. The maximum Gasteiger partial charge on any atom is 0.266 e. The molecule has 0 aliphatic heterocycles. The first kappa shape index (κ1) is 25.5. The smallest absolute Gasteiger partial charge is 0.266 e. The normalized spacial score (nSPS) is 10.9. The molecule has 0 aliphatic carbocycles. The summed E-state index contributed by atoms with van der Waals surface area (Å²) >= 11 is 6.31. The Morgan fingerprint density at radius 1 is 0.943 bits per heavy atom. The van der Waals surface area contributed by atoms with Crippen molar-refractivity contribution in [3.63, 3.8) is 0 Å². The van der Waals surface area contributed by atoms with Gasteiger partial charge in [-0.25, -0.2) is 0 Å². The van der Waals surface area contributed by atoms with Gasteiger partial charge < -0.3 is 15.4 Å². The number of halogens is 1. The number of nitrogens with zero attached hydrogens (tertiary/aromatic N) is 1. The second kappa shape index (κ2) is 11.4. The van der Waals surface area contributed by atoms with E-state index in [1.54, 1.807) is 24.3 Å². The first-order valence-electron chi connectivity index (χ1n) is 11.0. The Hall–Kier alpha value is -4.08. The molecule has 6 nitrogen and oxygen atoms in total. The van der Waals surface area contributed by atoms with E-state index in [0.29, 0.717) is 22.7 Å². The van der Waals surface area contributed by atoms with Gasteiger partial charge in [0.15, 0.2) is 6.61 Å². The molecule has 0 heterocycles. The molecule has 2 N–H and O–H groups in total. The average Bonchev–Trinajstić information content (AvgIpc) is 2.81. The van der Waals surface area contributed by atoms with Gasteiger partial charge >= 0.3 is 0 Å². The third-order valence-corrected chi connectivity index (χ3v) is 5.71. The maximum atomic E-state index is 12.6. The molecule has 2 amide bonds. The van der Waals surface area contributed by atoms with Crippen molar-refractivity contribution in [2.75, 3.05) is 17.2 Å². The quantitative estimate of drug-likeness (QED) is 0.309. The fourth-order valence-corrected chi connectivity index (χ4v) is 3.59. The molecule has 3 rings (SSSR count). The number of rotatable bonds is 7. The molecule has 0 spiro atoms.